The van der Waals surface area contributed by atoms with Crippen LogP contribution in [0.1, 0.15) is 60.8 Å². The number of para-hydroxylation sites is 1. The molecule has 7 rings (SSSR count). The Balaban J connectivity index is 1.20. The van der Waals surface area contributed by atoms with Crippen molar-refractivity contribution in [2.75, 3.05) is 0 Å². The smallest absolute Gasteiger partial charge is 0.198 e. The molecule has 1 spiro atoms. The lowest BCUT2D eigenvalue weighted by molar-refractivity contribution is -0.142. The van der Waals surface area contributed by atoms with Crippen LogP contribution in [-0.4, -0.2) is 16.4 Å². The van der Waals surface area contributed by atoms with Gasteiger partial charge in [0.15, 0.2) is 5.72 Å². The average molecular weight is 471 g/mol. The molecule has 1 unspecified atom stereocenters. The first kappa shape index (κ1) is 21.4. The quantitative estimate of drug-likeness (QED) is 0.303. The van der Waals surface area contributed by atoms with Gasteiger partial charge in [0.05, 0.1) is 11.8 Å². The van der Waals surface area contributed by atoms with Gasteiger partial charge < -0.3 is 4.74 Å². The molecule has 0 N–H and O–H groups in total. The van der Waals surface area contributed by atoms with Crippen LogP contribution in [-0.2, 0) is 0 Å². The van der Waals surface area contributed by atoms with E-state index in [9.17, 15) is 0 Å². The highest BCUT2D eigenvalue weighted by molar-refractivity contribution is 6.02. The van der Waals surface area contributed by atoms with Gasteiger partial charge in [-0.15, -0.1) is 0 Å². The minimum atomic E-state index is -0.365. The molecule has 36 heavy (non-hydrogen) atoms. The van der Waals surface area contributed by atoms with Gasteiger partial charge in [0.2, 0.25) is 0 Å². The van der Waals surface area contributed by atoms with Crippen molar-refractivity contribution in [3.8, 4) is 16.9 Å². The van der Waals surface area contributed by atoms with Crippen molar-refractivity contribution in [2.45, 2.75) is 49.8 Å². The van der Waals surface area contributed by atoms with E-state index in [0.717, 1.165) is 43.6 Å². The second-order valence-electron chi connectivity index (χ2n) is 10.3. The van der Waals surface area contributed by atoms with Gasteiger partial charge in [-0.1, -0.05) is 103 Å². The predicted molar refractivity (Wildman–Crippen MR) is 145 cm³/mol. The molecule has 3 nitrogen and oxygen atoms in total. The maximum absolute atomic E-state index is 6.84. The number of nitrogens with zero attached hydrogens (tertiary/aromatic N) is 2. The summed E-state index contributed by atoms with van der Waals surface area (Å²) in [6.07, 6.45) is 5.12. The highest BCUT2D eigenvalue weighted by atomic mass is 16.5. The van der Waals surface area contributed by atoms with Crippen LogP contribution >= 0.6 is 0 Å². The Bertz CT molecular complexity index is 1390. The van der Waals surface area contributed by atoms with Crippen molar-refractivity contribution in [3.63, 3.8) is 0 Å². The predicted octanol–water partition coefficient (Wildman–Crippen LogP) is 7.95. The summed E-state index contributed by atoms with van der Waals surface area (Å²) in [7, 11) is 0. The third kappa shape index (κ3) is 3.62. The lowest BCUT2D eigenvalue weighted by Gasteiger charge is -2.50. The summed E-state index contributed by atoms with van der Waals surface area (Å²) >= 11 is 0. The van der Waals surface area contributed by atoms with E-state index in [2.05, 4.69) is 114 Å². The Labute approximate surface area is 213 Å². The topological polar surface area (TPSA) is 24.8 Å². The monoisotopic (exact) mass is 470 g/mol. The van der Waals surface area contributed by atoms with Crippen molar-refractivity contribution in [1.29, 1.82) is 0 Å². The van der Waals surface area contributed by atoms with Gasteiger partial charge in [0, 0.05) is 24.8 Å². The van der Waals surface area contributed by atoms with E-state index in [1.807, 2.05) is 0 Å². The minimum Gasteiger partial charge on any atom is -0.466 e. The van der Waals surface area contributed by atoms with Gasteiger partial charge in [-0.05, 0) is 47.1 Å². The van der Waals surface area contributed by atoms with Crippen LogP contribution in [0.4, 0.5) is 0 Å². The van der Waals surface area contributed by atoms with Crippen LogP contribution in [0.2, 0.25) is 0 Å². The number of hydrogen-bond donors (Lipinski definition) is 0. The number of fused-ring (bicyclic) bond motifs is 4. The minimum absolute atomic E-state index is 0.229. The molecule has 4 aromatic rings. The van der Waals surface area contributed by atoms with Crippen LogP contribution in [0.15, 0.2) is 114 Å². The summed E-state index contributed by atoms with van der Waals surface area (Å²) in [4.78, 5) is 0. The number of ether oxygens (including phenoxy) is 1. The van der Waals surface area contributed by atoms with Crippen molar-refractivity contribution < 1.29 is 4.74 Å². The first-order valence-electron chi connectivity index (χ1n) is 13.1. The molecule has 1 saturated carbocycles. The van der Waals surface area contributed by atoms with Crippen molar-refractivity contribution in [3.05, 3.63) is 126 Å². The Kier molecular flexibility index (Phi) is 5.16. The molecule has 1 aliphatic carbocycles. The van der Waals surface area contributed by atoms with Crippen LogP contribution < -0.4 is 4.74 Å². The summed E-state index contributed by atoms with van der Waals surface area (Å²) in [5.74, 6) is 1.63. The van der Waals surface area contributed by atoms with E-state index in [-0.39, 0.29) is 11.8 Å². The summed E-state index contributed by atoms with van der Waals surface area (Å²) in [6, 6.07) is 39.2. The van der Waals surface area contributed by atoms with Gasteiger partial charge >= 0.3 is 0 Å². The molecule has 3 heteroatoms. The summed E-state index contributed by atoms with van der Waals surface area (Å²) in [5.41, 5.74) is 7.18. The van der Waals surface area contributed by atoms with Crippen molar-refractivity contribution in [2.24, 2.45) is 5.10 Å². The first-order chi connectivity index (χ1) is 17.8. The first-order valence-corrected chi connectivity index (χ1v) is 13.1. The number of hydrazone groups is 1. The molecule has 2 heterocycles. The molecule has 2 aliphatic heterocycles. The molecule has 178 valence electrons. The lowest BCUT2D eigenvalue weighted by Crippen LogP contribution is -2.55. The van der Waals surface area contributed by atoms with E-state index in [1.165, 1.54) is 27.8 Å². The molecule has 0 radical (unpaired) electrons. The van der Waals surface area contributed by atoms with Crippen LogP contribution in [0.5, 0.6) is 5.75 Å². The molecule has 0 aromatic heterocycles. The molecule has 0 bridgehead atoms. The fourth-order valence-electron chi connectivity index (χ4n) is 6.35. The Morgan fingerprint density at radius 2 is 1.28 bits per heavy atom. The van der Waals surface area contributed by atoms with E-state index >= 15 is 0 Å². The molecule has 4 aromatic carbocycles. The van der Waals surface area contributed by atoms with Crippen molar-refractivity contribution >= 4 is 5.71 Å². The number of benzene rings is 4. The summed E-state index contributed by atoms with van der Waals surface area (Å²) < 4.78 is 6.84. The standard InChI is InChI=1S/C33H30N2O/c1-3-9-24(10-4-1)26-15-17-28(18-16-26)30-23-31-29-13-7-8-14-32(29)36-33(35(31)34-30)21-19-27(20-22-33)25-11-5-2-6-12-25/h1-18,27,31H,19-23H2. The molecular formula is C33H30N2O. The van der Waals surface area contributed by atoms with E-state index in [4.69, 9.17) is 9.84 Å². The summed E-state index contributed by atoms with van der Waals surface area (Å²) in [6.45, 7) is 0. The molecule has 1 fully saturated rings. The molecule has 0 amide bonds. The maximum Gasteiger partial charge on any atom is 0.198 e. The second kappa shape index (κ2) is 8.67. The molecule has 3 aliphatic rings. The van der Waals surface area contributed by atoms with Gasteiger partial charge in [-0.25, -0.2) is 5.01 Å². The largest absolute Gasteiger partial charge is 0.466 e. The highest BCUT2D eigenvalue weighted by Gasteiger charge is 2.51. The molecule has 1 atom stereocenters. The number of hydrogen-bond acceptors (Lipinski definition) is 3. The highest BCUT2D eigenvalue weighted by Crippen LogP contribution is 2.52. The Morgan fingerprint density at radius 1 is 0.667 bits per heavy atom. The van der Waals surface area contributed by atoms with E-state index < -0.39 is 0 Å². The van der Waals surface area contributed by atoms with Gasteiger partial charge in [-0.2, -0.15) is 5.10 Å². The average Bonchev–Trinajstić information content (AvgIpc) is 3.42. The van der Waals surface area contributed by atoms with E-state index in [0.29, 0.717) is 5.92 Å². The Morgan fingerprint density at radius 3 is 2.03 bits per heavy atom. The van der Waals surface area contributed by atoms with Crippen LogP contribution in [0.3, 0.4) is 0 Å². The van der Waals surface area contributed by atoms with E-state index in [1.54, 1.807) is 0 Å². The maximum atomic E-state index is 6.84. The fourth-order valence-corrected chi connectivity index (χ4v) is 6.35. The zero-order chi connectivity index (χ0) is 24.0. The second-order valence-corrected chi connectivity index (χ2v) is 10.3. The SMILES string of the molecule is c1ccc(-c2ccc(C3=NN4C(C3)c3ccccc3OC43CCC(c4ccccc4)CC3)cc2)cc1. The third-order valence-electron chi connectivity index (χ3n) is 8.27. The molecule has 0 saturated heterocycles. The van der Waals surface area contributed by atoms with Crippen molar-refractivity contribution in [1.82, 2.24) is 5.01 Å². The zero-order valence-corrected chi connectivity index (χ0v) is 20.4. The van der Waals surface area contributed by atoms with Gasteiger partial charge in [0.25, 0.3) is 0 Å². The summed E-state index contributed by atoms with van der Waals surface area (Å²) in [5, 5.41) is 7.61. The number of rotatable bonds is 3. The molecular weight excluding hydrogens is 440 g/mol. The lowest BCUT2D eigenvalue weighted by atomic mass is 9.78. The van der Waals surface area contributed by atoms with Crippen LogP contribution in [0, 0.1) is 0 Å². The fraction of sp³-hybridized carbons (Fsp3) is 0.242. The normalized spacial score (nSPS) is 24.6. The third-order valence-corrected chi connectivity index (χ3v) is 8.27. The Hall–Kier alpha value is -3.85. The zero-order valence-electron chi connectivity index (χ0n) is 20.4. The van der Waals surface area contributed by atoms with Gasteiger partial charge in [-0.3, -0.25) is 0 Å². The van der Waals surface area contributed by atoms with Crippen LogP contribution in [0.25, 0.3) is 11.1 Å². The van der Waals surface area contributed by atoms with Gasteiger partial charge in [0.1, 0.15) is 5.75 Å².